The monoisotopic (exact) mass is 958 g/mol. The van der Waals surface area contributed by atoms with Gasteiger partial charge in [0.05, 0.1) is 66.1 Å². The van der Waals surface area contributed by atoms with Crippen molar-refractivity contribution in [1.82, 2.24) is 49.5 Å². The first-order valence-corrected chi connectivity index (χ1v) is 20.5. The molecule has 6 N–H and O–H groups in total. The molecular weight excluding hydrogens is 915 g/mol. The van der Waals surface area contributed by atoms with Gasteiger partial charge in [0.2, 0.25) is 0 Å². The van der Waals surface area contributed by atoms with E-state index in [9.17, 15) is 41.0 Å². The number of aromatic carboxylic acids is 1. The third kappa shape index (κ3) is 11.5. The number of aliphatic hydroxyl groups excluding tert-OH is 2. The summed E-state index contributed by atoms with van der Waals surface area (Å²) < 4.78 is 83.2. The molecule has 0 spiro atoms. The second kappa shape index (κ2) is 20.4. The highest BCUT2D eigenvalue weighted by molar-refractivity contribution is 6.04. The maximum Gasteiger partial charge on any atom is 0.416 e. The summed E-state index contributed by atoms with van der Waals surface area (Å²) in [6.45, 7) is 6.21. The first-order chi connectivity index (χ1) is 32.5. The molecule has 17 nitrogen and oxygen atoms in total. The number of nitrogen functional groups attached to an aromatic ring is 1. The van der Waals surface area contributed by atoms with Gasteiger partial charge in [-0.1, -0.05) is 34.7 Å². The van der Waals surface area contributed by atoms with Gasteiger partial charge >= 0.3 is 18.3 Å². The quantitative estimate of drug-likeness (QED) is 0.0689. The predicted octanol–water partition coefficient (Wildman–Crippen LogP) is 7.81. The number of aromatic nitrogens is 10. The zero-order chi connectivity index (χ0) is 50.5. The van der Waals surface area contributed by atoms with Crippen molar-refractivity contribution in [2.24, 2.45) is 14.1 Å². The normalized spacial score (nSPS) is 11.4. The molecule has 23 heteroatoms. The second-order valence-corrected chi connectivity index (χ2v) is 15.5. The van der Waals surface area contributed by atoms with Gasteiger partial charge in [-0.05, 0) is 98.5 Å². The lowest BCUT2D eigenvalue weighted by Crippen LogP contribution is -2.15. The van der Waals surface area contributed by atoms with Crippen LogP contribution in [0.4, 0.5) is 37.7 Å². The van der Waals surface area contributed by atoms with Crippen molar-refractivity contribution in [1.29, 1.82) is 0 Å². The number of nitrogens with two attached hydrogens (primary N) is 1. The van der Waals surface area contributed by atoms with Crippen molar-refractivity contribution in [3.63, 3.8) is 0 Å². The van der Waals surface area contributed by atoms with Crippen LogP contribution < -0.4 is 11.1 Å². The van der Waals surface area contributed by atoms with E-state index in [1.54, 1.807) is 75.2 Å². The molecule has 0 aliphatic heterocycles. The molecular formula is C46H44F6N12O5. The van der Waals surface area contributed by atoms with E-state index in [0.717, 1.165) is 57.9 Å². The lowest BCUT2D eigenvalue weighted by Gasteiger charge is -2.14. The number of benzene rings is 4. The number of carboxylic acids is 1. The maximum atomic E-state index is 13.3. The van der Waals surface area contributed by atoms with E-state index in [1.807, 2.05) is 41.8 Å². The number of nitrogens with zero attached hydrogens (tertiary/aromatic N) is 10. The highest BCUT2D eigenvalue weighted by Crippen LogP contribution is 2.35. The summed E-state index contributed by atoms with van der Waals surface area (Å²) in [4.78, 5) is 23.9. The highest BCUT2D eigenvalue weighted by atomic mass is 19.4. The van der Waals surface area contributed by atoms with Crippen molar-refractivity contribution < 1.29 is 51.3 Å². The molecule has 0 saturated heterocycles. The van der Waals surface area contributed by atoms with E-state index >= 15 is 0 Å². The molecule has 0 aliphatic rings. The van der Waals surface area contributed by atoms with E-state index in [0.29, 0.717) is 22.8 Å². The van der Waals surface area contributed by atoms with Crippen LogP contribution in [0, 0.1) is 27.7 Å². The highest BCUT2D eigenvalue weighted by Gasteiger charge is 2.34. The third-order valence-corrected chi connectivity index (χ3v) is 10.9. The fraction of sp³-hybridized carbons (Fsp3) is 0.217. The Bertz CT molecular complexity index is 3150. The standard InChI is InChI=1S/C23H21F3N6O2.C15H15N5O2.C8H8F3NO/c1-13-4-5-15(22(34)28-17-7-6-16(12-33)19(9-17)23(24,25)26)8-21(13)32-11-20(29-30-32)18-10-27-31(3)14(18)2;1-9-4-5-11(15(21)22)6-14(9)20-8-13(17-18-20)12-7-16-19(3)10(12)2;9-8(10,11)7-3-6(12)2-1-5(7)4-13/h4-11,33H,12H2,1-3H3,(H,28,34);4-8H,1-3H3,(H,21,22);1-3,13H,4,12H2. The number of alkyl halides is 6. The molecule has 0 unspecified atom stereocenters. The molecule has 4 aromatic carbocycles. The lowest BCUT2D eigenvalue weighted by atomic mass is 10.1. The average Bonchev–Trinajstić information content (AvgIpc) is 4.12. The lowest BCUT2D eigenvalue weighted by molar-refractivity contribution is -0.139. The topological polar surface area (TPSA) is 230 Å². The zero-order valence-corrected chi connectivity index (χ0v) is 37.6. The second-order valence-electron chi connectivity index (χ2n) is 15.5. The van der Waals surface area contributed by atoms with Crippen LogP contribution in [0.3, 0.4) is 0 Å². The fourth-order valence-corrected chi connectivity index (χ4v) is 6.75. The largest absolute Gasteiger partial charge is 0.478 e. The molecule has 4 heterocycles. The summed E-state index contributed by atoms with van der Waals surface area (Å²) in [5.41, 5.74) is 11.3. The molecule has 1 amide bonds. The number of hydrogen-bond acceptors (Lipinski definition) is 11. The Labute approximate surface area is 389 Å². The summed E-state index contributed by atoms with van der Waals surface area (Å²) in [5, 5.41) is 54.5. The Hall–Kier alpha value is -8.18. The Morgan fingerprint density at radius 2 is 1.09 bits per heavy atom. The van der Waals surface area contributed by atoms with Gasteiger partial charge in [-0.2, -0.15) is 36.5 Å². The predicted molar refractivity (Wildman–Crippen MR) is 240 cm³/mol. The molecule has 0 saturated carbocycles. The van der Waals surface area contributed by atoms with E-state index in [4.69, 9.17) is 15.9 Å². The smallest absolute Gasteiger partial charge is 0.416 e. The van der Waals surface area contributed by atoms with Crippen molar-refractivity contribution in [3.8, 4) is 33.9 Å². The van der Waals surface area contributed by atoms with Gasteiger partial charge in [0.1, 0.15) is 11.4 Å². The van der Waals surface area contributed by atoms with Gasteiger partial charge in [-0.15, -0.1) is 10.2 Å². The molecule has 4 aromatic heterocycles. The number of aryl methyl sites for hydroxylation is 4. The number of anilines is 2. The number of aliphatic hydroxyl groups is 2. The van der Waals surface area contributed by atoms with E-state index in [2.05, 4.69) is 36.1 Å². The number of amides is 1. The minimum atomic E-state index is -4.66. The first-order valence-electron chi connectivity index (χ1n) is 20.5. The Morgan fingerprint density at radius 3 is 1.52 bits per heavy atom. The summed E-state index contributed by atoms with van der Waals surface area (Å²) in [6, 6.07) is 16.4. The van der Waals surface area contributed by atoms with E-state index < -0.39 is 48.6 Å². The van der Waals surface area contributed by atoms with Crippen LogP contribution in [0.5, 0.6) is 0 Å². The number of rotatable bonds is 9. The number of carboxylic acid groups (broad SMARTS) is 1. The van der Waals surface area contributed by atoms with Crippen LogP contribution in [0.25, 0.3) is 33.9 Å². The molecule has 8 aromatic rings. The van der Waals surface area contributed by atoms with Crippen molar-refractivity contribution in [2.45, 2.75) is 53.3 Å². The van der Waals surface area contributed by atoms with E-state index in [1.165, 1.54) is 16.8 Å². The minimum Gasteiger partial charge on any atom is -0.478 e. The number of hydrogen-bond donors (Lipinski definition) is 5. The van der Waals surface area contributed by atoms with Gasteiger partial charge in [0, 0.05) is 53.5 Å². The Balaban J connectivity index is 0.000000190. The summed E-state index contributed by atoms with van der Waals surface area (Å²) >= 11 is 0. The summed E-state index contributed by atoms with van der Waals surface area (Å²) in [6.07, 6.45) is -2.20. The van der Waals surface area contributed by atoms with Crippen LogP contribution in [0.15, 0.2) is 97.6 Å². The van der Waals surface area contributed by atoms with Crippen molar-refractivity contribution in [3.05, 3.63) is 153 Å². The number of carbonyl (C=O) groups is 2. The molecule has 8 rings (SSSR count). The summed E-state index contributed by atoms with van der Waals surface area (Å²) in [7, 11) is 3.69. The number of carbonyl (C=O) groups excluding carboxylic acids is 1. The van der Waals surface area contributed by atoms with Crippen LogP contribution in [-0.4, -0.2) is 76.7 Å². The molecule has 0 bridgehead atoms. The molecule has 360 valence electrons. The van der Waals surface area contributed by atoms with Gasteiger partial charge in [0.15, 0.2) is 0 Å². The molecule has 0 atom stereocenters. The third-order valence-electron chi connectivity index (χ3n) is 10.9. The van der Waals surface area contributed by atoms with Gasteiger partial charge in [-0.3, -0.25) is 14.2 Å². The SMILES string of the molecule is Cc1ccc(C(=O)Nc2ccc(CO)c(C(F)(F)F)c2)cc1-n1cc(-c2cnn(C)c2C)nn1.Cc1ccc(C(=O)O)cc1-n1cc(-c2cnn(C)c2C)nn1.Nc1ccc(CO)c(C(F)(F)F)c1. The molecule has 0 radical (unpaired) electrons. The van der Waals surface area contributed by atoms with Crippen molar-refractivity contribution in [2.75, 3.05) is 11.1 Å². The molecule has 0 fully saturated rings. The number of nitrogens with one attached hydrogen (secondary N) is 1. The molecule has 69 heavy (non-hydrogen) atoms. The van der Waals surface area contributed by atoms with Crippen LogP contribution >= 0.6 is 0 Å². The maximum absolute atomic E-state index is 13.3. The van der Waals surface area contributed by atoms with E-state index in [-0.39, 0.29) is 33.6 Å². The van der Waals surface area contributed by atoms with Gasteiger partial charge in [0.25, 0.3) is 5.91 Å². The fourth-order valence-electron chi connectivity index (χ4n) is 6.75. The van der Waals surface area contributed by atoms with Gasteiger partial charge < -0.3 is 26.4 Å². The zero-order valence-electron chi connectivity index (χ0n) is 37.6. The van der Waals surface area contributed by atoms with Crippen LogP contribution in [-0.2, 0) is 39.7 Å². The molecule has 0 aliphatic carbocycles. The Morgan fingerprint density at radius 1 is 0.638 bits per heavy atom. The Kier molecular flexibility index (Phi) is 14.8. The number of halogens is 6. The average molecular weight is 959 g/mol. The van der Waals surface area contributed by atoms with Crippen LogP contribution in [0.1, 0.15) is 65.5 Å². The van der Waals surface area contributed by atoms with Crippen molar-refractivity contribution >= 4 is 23.3 Å². The summed E-state index contributed by atoms with van der Waals surface area (Å²) in [5.74, 6) is -1.56. The van der Waals surface area contributed by atoms with Gasteiger partial charge in [-0.25, -0.2) is 14.2 Å². The van der Waals surface area contributed by atoms with Crippen LogP contribution in [0.2, 0.25) is 0 Å². The minimum absolute atomic E-state index is 0.0320. The first kappa shape index (κ1) is 50.2.